The maximum Gasteiger partial charge on any atom is 0.317 e. The number of carbonyl (C=O) groups is 2. The number of carboxylic acids is 1. The van der Waals surface area contributed by atoms with Gasteiger partial charge in [-0.3, -0.25) is 4.79 Å². The molecule has 17 heavy (non-hydrogen) atoms. The highest BCUT2D eigenvalue weighted by Gasteiger charge is 2.26. The van der Waals surface area contributed by atoms with Gasteiger partial charge in [0.05, 0.1) is 0 Å². The van der Waals surface area contributed by atoms with E-state index in [1.54, 1.807) is 11.0 Å². The Bertz CT molecular complexity index is 304. The van der Waals surface area contributed by atoms with Crippen LogP contribution in [0.1, 0.15) is 26.2 Å². The van der Waals surface area contributed by atoms with Gasteiger partial charge in [-0.25, -0.2) is 4.79 Å². The van der Waals surface area contributed by atoms with Gasteiger partial charge in [0.25, 0.3) is 0 Å². The summed E-state index contributed by atoms with van der Waals surface area (Å²) in [7, 11) is 0. The van der Waals surface area contributed by atoms with Crippen molar-refractivity contribution in [1.82, 2.24) is 10.2 Å². The minimum Gasteiger partial charge on any atom is -0.481 e. The average Bonchev–Trinajstić information content (AvgIpc) is 2.74. The number of hydrogen-bond acceptors (Lipinski definition) is 2. The molecule has 1 saturated heterocycles. The number of hydrogen-bond donors (Lipinski definition) is 2. The first-order valence-corrected chi connectivity index (χ1v) is 5.92. The first-order chi connectivity index (χ1) is 8.02. The van der Waals surface area contributed by atoms with E-state index >= 15 is 0 Å². The van der Waals surface area contributed by atoms with Crippen LogP contribution in [0.15, 0.2) is 12.7 Å². The van der Waals surface area contributed by atoms with Gasteiger partial charge in [-0.15, -0.1) is 6.58 Å². The molecule has 5 heteroatoms. The van der Waals surface area contributed by atoms with E-state index < -0.39 is 5.97 Å². The number of likely N-dealkylation sites (tertiary alicyclic amines) is 1. The fourth-order valence-corrected chi connectivity index (χ4v) is 1.93. The summed E-state index contributed by atoms with van der Waals surface area (Å²) >= 11 is 0. The summed E-state index contributed by atoms with van der Waals surface area (Å²) in [6.07, 6.45) is 3.40. The smallest absolute Gasteiger partial charge is 0.317 e. The number of urea groups is 1. The Hall–Kier alpha value is -1.52. The number of carboxylic acid groups (broad SMARTS) is 1. The van der Waals surface area contributed by atoms with Gasteiger partial charge in [0, 0.05) is 25.6 Å². The van der Waals surface area contributed by atoms with E-state index in [-0.39, 0.29) is 18.5 Å². The van der Waals surface area contributed by atoms with Gasteiger partial charge < -0.3 is 15.3 Å². The molecule has 1 heterocycles. The molecule has 2 unspecified atom stereocenters. The molecule has 0 radical (unpaired) electrons. The van der Waals surface area contributed by atoms with Crippen molar-refractivity contribution in [2.24, 2.45) is 5.92 Å². The fourth-order valence-electron chi connectivity index (χ4n) is 1.93. The highest BCUT2D eigenvalue weighted by molar-refractivity contribution is 5.75. The molecule has 0 bridgehead atoms. The van der Waals surface area contributed by atoms with Crippen LogP contribution < -0.4 is 5.32 Å². The van der Waals surface area contributed by atoms with E-state index in [9.17, 15) is 9.59 Å². The quantitative estimate of drug-likeness (QED) is 0.715. The first-order valence-electron chi connectivity index (χ1n) is 5.92. The lowest BCUT2D eigenvalue weighted by molar-refractivity contribution is -0.137. The Morgan fingerprint density at radius 3 is 2.94 bits per heavy atom. The van der Waals surface area contributed by atoms with Gasteiger partial charge in [-0.05, 0) is 25.7 Å². The predicted molar refractivity (Wildman–Crippen MR) is 64.7 cm³/mol. The predicted octanol–water partition coefficient (Wildman–Crippen LogP) is 1.46. The van der Waals surface area contributed by atoms with Crippen LogP contribution in [-0.2, 0) is 4.79 Å². The van der Waals surface area contributed by atoms with Gasteiger partial charge in [0.1, 0.15) is 0 Å². The largest absolute Gasteiger partial charge is 0.481 e. The normalized spacial score (nSPS) is 21.0. The molecule has 0 spiro atoms. The van der Waals surface area contributed by atoms with Crippen molar-refractivity contribution in [3.05, 3.63) is 12.7 Å². The molecular weight excluding hydrogens is 220 g/mol. The van der Waals surface area contributed by atoms with E-state index in [1.165, 1.54) is 0 Å². The van der Waals surface area contributed by atoms with Gasteiger partial charge >= 0.3 is 12.0 Å². The fraction of sp³-hybridized carbons (Fsp3) is 0.667. The Balaban J connectivity index is 2.31. The molecule has 1 aliphatic heterocycles. The number of carbonyl (C=O) groups excluding carboxylic acids is 1. The molecule has 0 aromatic rings. The Morgan fingerprint density at radius 1 is 1.65 bits per heavy atom. The van der Waals surface area contributed by atoms with E-state index in [2.05, 4.69) is 11.9 Å². The molecule has 1 fully saturated rings. The zero-order valence-corrected chi connectivity index (χ0v) is 10.2. The molecule has 2 amide bonds. The van der Waals surface area contributed by atoms with Gasteiger partial charge in [-0.2, -0.15) is 0 Å². The van der Waals surface area contributed by atoms with Crippen LogP contribution in [0.4, 0.5) is 4.79 Å². The number of nitrogens with one attached hydrogen (secondary N) is 1. The number of nitrogens with zero attached hydrogens (tertiary/aromatic N) is 1. The van der Waals surface area contributed by atoms with Crippen molar-refractivity contribution >= 4 is 12.0 Å². The van der Waals surface area contributed by atoms with E-state index in [4.69, 9.17) is 5.11 Å². The number of amides is 2. The zero-order valence-electron chi connectivity index (χ0n) is 10.2. The van der Waals surface area contributed by atoms with Crippen molar-refractivity contribution in [3.63, 3.8) is 0 Å². The number of aliphatic carboxylic acids is 1. The SMILES string of the molecule is C=CC(C)NC(=O)N1CCC(CCC(=O)O)C1. The molecular formula is C12H20N2O3. The lowest BCUT2D eigenvalue weighted by Gasteiger charge is -2.19. The topological polar surface area (TPSA) is 69.6 Å². The molecule has 2 N–H and O–H groups in total. The summed E-state index contributed by atoms with van der Waals surface area (Å²) in [5, 5.41) is 11.4. The summed E-state index contributed by atoms with van der Waals surface area (Å²) in [6, 6.07) is -0.129. The maximum absolute atomic E-state index is 11.7. The summed E-state index contributed by atoms with van der Waals surface area (Å²) in [5.41, 5.74) is 0. The van der Waals surface area contributed by atoms with Crippen LogP contribution in [0.3, 0.4) is 0 Å². The molecule has 5 nitrogen and oxygen atoms in total. The molecule has 1 aliphatic rings. The lowest BCUT2D eigenvalue weighted by atomic mass is 10.0. The van der Waals surface area contributed by atoms with Crippen molar-refractivity contribution in [3.8, 4) is 0 Å². The van der Waals surface area contributed by atoms with Crippen LogP contribution in [0.5, 0.6) is 0 Å². The average molecular weight is 240 g/mol. The van der Waals surface area contributed by atoms with Crippen molar-refractivity contribution in [2.45, 2.75) is 32.2 Å². The molecule has 96 valence electrons. The Labute approximate surface area is 101 Å². The second-order valence-corrected chi connectivity index (χ2v) is 4.51. The maximum atomic E-state index is 11.7. The Morgan fingerprint density at radius 2 is 2.35 bits per heavy atom. The molecule has 2 atom stereocenters. The zero-order chi connectivity index (χ0) is 12.8. The van der Waals surface area contributed by atoms with E-state index in [1.807, 2.05) is 6.92 Å². The van der Waals surface area contributed by atoms with Crippen LogP contribution in [0.25, 0.3) is 0 Å². The molecule has 0 aromatic heterocycles. The molecule has 0 aliphatic carbocycles. The van der Waals surface area contributed by atoms with Gasteiger partial charge in [0.15, 0.2) is 0 Å². The third-order valence-corrected chi connectivity index (χ3v) is 3.04. The van der Waals surface area contributed by atoms with E-state index in [0.717, 1.165) is 6.42 Å². The van der Waals surface area contributed by atoms with E-state index in [0.29, 0.717) is 25.4 Å². The van der Waals surface area contributed by atoms with Crippen LogP contribution >= 0.6 is 0 Å². The van der Waals surface area contributed by atoms with Gasteiger partial charge in [-0.1, -0.05) is 6.08 Å². The third-order valence-electron chi connectivity index (χ3n) is 3.04. The lowest BCUT2D eigenvalue weighted by Crippen LogP contribution is -2.42. The van der Waals surface area contributed by atoms with Crippen LogP contribution in [-0.4, -0.2) is 41.1 Å². The number of rotatable bonds is 5. The van der Waals surface area contributed by atoms with Crippen LogP contribution in [0.2, 0.25) is 0 Å². The highest BCUT2D eigenvalue weighted by Crippen LogP contribution is 2.20. The third kappa shape index (κ3) is 4.46. The standard InChI is InChI=1S/C12H20N2O3/c1-3-9(2)13-12(17)14-7-6-10(8-14)4-5-11(15)16/h3,9-10H,1,4-8H2,2H3,(H,13,17)(H,15,16). The second kappa shape index (κ2) is 6.27. The first kappa shape index (κ1) is 13.5. The van der Waals surface area contributed by atoms with Crippen molar-refractivity contribution < 1.29 is 14.7 Å². The summed E-state index contributed by atoms with van der Waals surface area (Å²) in [5.74, 6) is -0.455. The van der Waals surface area contributed by atoms with Crippen molar-refractivity contribution in [1.29, 1.82) is 0 Å². The monoisotopic (exact) mass is 240 g/mol. The minimum atomic E-state index is -0.770. The highest BCUT2D eigenvalue weighted by atomic mass is 16.4. The van der Waals surface area contributed by atoms with Gasteiger partial charge in [0.2, 0.25) is 0 Å². The molecule has 0 saturated carbocycles. The summed E-state index contributed by atoms with van der Waals surface area (Å²) in [4.78, 5) is 23.9. The summed E-state index contributed by atoms with van der Waals surface area (Å²) in [6.45, 7) is 6.83. The second-order valence-electron chi connectivity index (χ2n) is 4.51. The Kier molecular flexibility index (Phi) is 5.00. The van der Waals surface area contributed by atoms with Crippen LogP contribution in [0, 0.1) is 5.92 Å². The molecule has 0 aromatic carbocycles. The summed E-state index contributed by atoms with van der Waals surface area (Å²) < 4.78 is 0. The molecule has 1 rings (SSSR count). The minimum absolute atomic E-state index is 0.0411. The van der Waals surface area contributed by atoms with Crippen molar-refractivity contribution in [2.75, 3.05) is 13.1 Å².